The molecule has 0 spiro atoms. The summed E-state index contributed by atoms with van der Waals surface area (Å²) in [5.41, 5.74) is 1.36. The normalized spacial score (nSPS) is 26.3. The van der Waals surface area contributed by atoms with E-state index in [-0.39, 0.29) is 35.1 Å². The molecule has 0 aliphatic carbocycles. The quantitative estimate of drug-likeness (QED) is 0.0473. The minimum Gasteiger partial charge on any atom is -0.508 e. The third-order valence-electron chi connectivity index (χ3n) is 11.4. The van der Waals surface area contributed by atoms with Crippen LogP contribution in [0.2, 0.25) is 0 Å². The molecule has 0 radical (unpaired) electrons. The number of carbonyl (C=O) groups excluding carboxylic acids is 2. The fourth-order valence-corrected chi connectivity index (χ4v) is 7.32. The minimum atomic E-state index is -1.75. The molecule has 1 aromatic heterocycles. The van der Waals surface area contributed by atoms with Crippen molar-refractivity contribution in [1.82, 2.24) is 20.3 Å². The highest BCUT2D eigenvalue weighted by Crippen LogP contribution is 2.43. The number of fused-ring (bicyclic) bond motifs is 1. The van der Waals surface area contributed by atoms with Crippen molar-refractivity contribution in [3.05, 3.63) is 59.4 Å². The van der Waals surface area contributed by atoms with Crippen LogP contribution in [0.3, 0.4) is 0 Å². The van der Waals surface area contributed by atoms with Crippen molar-refractivity contribution in [3.8, 4) is 23.0 Å². The van der Waals surface area contributed by atoms with E-state index < -0.39 is 85.7 Å². The molecule has 9 N–H and O–H groups in total. The van der Waals surface area contributed by atoms with Crippen LogP contribution in [-0.4, -0.2) is 202 Å². The second kappa shape index (κ2) is 29.2. The van der Waals surface area contributed by atoms with Crippen molar-refractivity contribution in [3.63, 3.8) is 0 Å². The monoisotopic (exact) mass is 1010 g/mol. The van der Waals surface area contributed by atoms with Gasteiger partial charge in [0.25, 0.3) is 0 Å². The molecule has 0 bridgehead atoms. The van der Waals surface area contributed by atoms with E-state index in [4.69, 9.17) is 47.4 Å². The van der Waals surface area contributed by atoms with Gasteiger partial charge >= 0.3 is 0 Å². The Labute approximate surface area is 411 Å². The number of rotatable bonds is 26. The molecule has 6 rings (SSSR count). The van der Waals surface area contributed by atoms with Crippen molar-refractivity contribution in [2.45, 2.75) is 121 Å². The van der Waals surface area contributed by atoms with Crippen LogP contribution in [-0.2, 0) is 55.8 Å². The Hall–Kier alpha value is -4.64. The second-order valence-electron chi connectivity index (χ2n) is 17.3. The van der Waals surface area contributed by atoms with Gasteiger partial charge in [0.1, 0.15) is 77.0 Å². The smallest absolute Gasteiger partial charge is 0.229 e. The van der Waals surface area contributed by atoms with Gasteiger partial charge in [-0.05, 0) is 37.0 Å². The maximum Gasteiger partial charge on any atom is 0.229 e. The maximum absolute atomic E-state index is 12.9. The van der Waals surface area contributed by atoms with E-state index in [9.17, 15) is 50.4 Å². The van der Waals surface area contributed by atoms with E-state index in [1.807, 2.05) is 10.9 Å². The molecular weight excluding hydrogens is 941 g/mol. The highest BCUT2D eigenvalue weighted by molar-refractivity contribution is 6.02. The average molecular weight is 1010 g/mol. The summed E-state index contributed by atoms with van der Waals surface area (Å²) in [7, 11) is 1.61. The van der Waals surface area contributed by atoms with Crippen LogP contribution in [0.1, 0.15) is 67.8 Å². The topological polar surface area (TPSA) is 331 Å². The van der Waals surface area contributed by atoms with E-state index >= 15 is 0 Å². The number of ketones is 1. The first-order valence-electron chi connectivity index (χ1n) is 23.6. The molecule has 1 unspecified atom stereocenters. The van der Waals surface area contributed by atoms with Gasteiger partial charge in [0, 0.05) is 32.1 Å². The lowest BCUT2D eigenvalue weighted by atomic mass is 9.95. The van der Waals surface area contributed by atoms with E-state index in [0.717, 1.165) is 24.7 Å². The lowest BCUT2D eigenvalue weighted by molar-refractivity contribution is -0.354. The van der Waals surface area contributed by atoms with Crippen LogP contribution in [0.4, 0.5) is 0 Å². The molecule has 2 aromatic carbocycles. The molecule has 24 heteroatoms. The number of benzene rings is 2. The zero-order valence-corrected chi connectivity index (χ0v) is 40.4. The zero-order chi connectivity index (χ0) is 51.5. The van der Waals surface area contributed by atoms with Crippen molar-refractivity contribution >= 4 is 11.7 Å². The van der Waals surface area contributed by atoms with E-state index in [1.165, 1.54) is 25.1 Å². The van der Waals surface area contributed by atoms with Crippen LogP contribution in [0, 0.1) is 5.92 Å². The fraction of sp³-hybridized carbons (Fsp3) is 0.660. The Kier molecular flexibility index (Phi) is 23.5. The molecule has 71 heavy (non-hydrogen) atoms. The minimum absolute atomic E-state index is 0.0149. The van der Waals surface area contributed by atoms with Gasteiger partial charge in [0.15, 0.2) is 18.2 Å². The van der Waals surface area contributed by atoms with Crippen LogP contribution >= 0.6 is 0 Å². The molecule has 2 saturated heterocycles. The van der Waals surface area contributed by atoms with Crippen LogP contribution in [0.5, 0.6) is 23.0 Å². The number of ether oxygens (including phenoxy) is 10. The van der Waals surface area contributed by atoms with Gasteiger partial charge in [0.05, 0.1) is 91.4 Å². The summed E-state index contributed by atoms with van der Waals surface area (Å²) >= 11 is 0. The first-order chi connectivity index (χ1) is 34.1. The average Bonchev–Trinajstić information content (AvgIpc) is 3.81. The predicted molar refractivity (Wildman–Crippen MR) is 245 cm³/mol. The SMILES string of the molecule is CNC(=O)CCOCCOCCOCCOCCOCc1cn(CCC(C)C)nn1.C[C@@H]1O[C@@H](O[C@H]2[C@H](Oc3cc(O)c4c(c3)OC(c3ccc(O)cc3)CC4=O)O[C@H](CO)[C@@H](O)[C@@H]2O)[C@H](O)[C@H](O)[C@H]1O. The van der Waals surface area contributed by atoms with E-state index in [1.54, 1.807) is 19.2 Å². The number of hydrogen-bond donors (Lipinski definition) is 9. The molecule has 0 saturated carbocycles. The molecule has 398 valence electrons. The number of phenolic OH excluding ortho intramolecular Hbond substituents is 2. The van der Waals surface area contributed by atoms with Crippen molar-refractivity contribution < 1.29 is 97.8 Å². The number of hydrogen-bond acceptors (Lipinski definition) is 22. The molecule has 3 aliphatic rings. The van der Waals surface area contributed by atoms with Gasteiger partial charge in [0.2, 0.25) is 12.2 Å². The molecule has 2 fully saturated rings. The Morgan fingerprint density at radius 3 is 2.07 bits per heavy atom. The van der Waals surface area contributed by atoms with Crippen molar-refractivity contribution in [2.24, 2.45) is 5.92 Å². The number of aromatic hydroxyl groups is 2. The summed E-state index contributed by atoms with van der Waals surface area (Å²) < 4.78 is 57.5. The molecule has 3 aromatic rings. The first kappa shape index (κ1) is 57.3. The summed E-state index contributed by atoms with van der Waals surface area (Å²) in [5.74, 6) is -0.327. The summed E-state index contributed by atoms with van der Waals surface area (Å²) in [6.07, 6.45) is -12.6. The second-order valence-corrected chi connectivity index (χ2v) is 17.3. The van der Waals surface area contributed by atoms with Gasteiger partial charge < -0.3 is 93.5 Å². The van der Waals surface area contributed by atoms with Gasteiger partial charge in [-0.3, -0.25) is 14.3 Å². The Bertz CT molecular complexity index is 2050. The molecule has 24 nitrogen and oxygen atoms in total. The third-order valence-corrected chi connectivity index (χ3v) is 11.4. The number of amides is 1. The highest BCUT2D eigenvalue weighted by Gasteiger charge is 2.51. The molecular formula is C47H70N4O20. The standard InChI is InChI=1S/C27H32O14.C20H38N4O6/c1-10-20(32)22(34)24(36)26(37-10)41-25-23(35)21(33)18(9-28)40-27(25)38-13-6-14(30)19-15(31)8-16(39-17(19)7-13)11-2-4-12(29)5-3-11;1-18(2)4-6-24-16-19(22-23-24)17-30-15-14-29-13-12-28-11-10-27-9-8-26-7-5-20(25)21-3/h2-7,10,16,18,20-30,32-36H,8-9H2,1H3;16,18H,4-15,17H2,1-3H3,(H,21,25)/t10-,16?,18+,20-,21+,22+,23-,24+,25+,26-,27+;/m0./s1. The summed E-state index contributed by atoms with van der Waals surface area (Å²) in [6.45, 7) is 10.8. The number of aromatic nitrogens is 3. The Balaban J connectivity index is 0.000000279. The van der Waals surface area contributed by atoms with Gasteiger partial charge in [-0.1, -0.05) is 31.2 Å². The van der Waals surface area contributed by atoms with Crippen LogP contribution in [0.15, 0.2) is 42.6 Å². The molecule has 11 atom stereocenters. The Morgan fingerprint density at radius 2 is 1.45 bits per heavy atom. The molecule has 1 amide bonds. The zero-order valence-electron chi connectivity index (χ0n) is 40.4. The summed E-state index contributed by atoms with van der Waals surface area (Å²) in [5, 5.41) is 92.4. The van der Waals surface area contributed by atoms with E-state index in [2.05, 4.69) is 29.5 Å². The van der Waals surface area contributed by atoms with Gasteiger partial charge in [-0.25, -0.2) is 0 Å². The van der Waals surface area contributed by atoms with E-state index in [0.29, 0.717) is 84.0 Å². The number of carbonyl (C=O) groups is 2. The summed E-state index contributed by atoms with van der Waals surface area (Å²) in [6, 6.07) is 8.50. The maximum atomic E-state index is 12.9. The fourth-order valence-electron chi connectivity index (χ4n) is 7.32. The molecule has 4 heterocycles. The van der Waals surface area contributed by atoms with Crippen LogP contribution in [0.25, 0.3) is 0 Å². The third kappa shape index (κ3) is 17.5. The number of aliphatic hydroxyl groups is 6. The van der Waals surface area contributed by atoms with Crippen molar-refractivity contribution in [1.29, 1.82) is 0 Å². The number of aryl methyl sites for hydroxylation is 1. The lowest BCUT2D eigenvalue weighted by Crippen LogP contribution is -2.64. The predicted octanol–water partition coefficient (Wildman–Crippen LogP) is -0.122. The number of nitrogens with zero attached hydrogens (tertiary/aromatic N) is 3. The largest absolute Gasteiger partial charge is 0.508 e. The first-order valence-corrected chi connectivity index (χ1v) is 23.6. The van der Waals surface area contributed by atoms with Crippen molar-refractivity contribution in [2.75, 3.05) is 73.1 Å². The number of nitrogens with one attached hydrogen (secondary N) is 1. The summed E-state index contributed by atoms with van der Waals surface area (Å²) in [4.78, 5) is 23.8. The Morgan fingerprint density at radius 1 is 0.817 bits per heavy atom. The number of aliphatic hydroxyl groups excluding tert-OH is 6. The lowest BCUT2D eigenvalue weighted by Gasteiger charge is -2.45. The van der Waals surface area contributed by atoms with Crippen LogP contribution < -0.4 is 14.8 Å². The number of Topliss-reactive ketones (excluding diaryl/α,β-unsaturated/α-hetero) is 1. The number of phenols is 2. The van der Waals surface area contributed by atoms with Gasteiger partial charge in [-0.15, -0.1) is 5.10 Å². The molecule has 3 aliphatic heterocycles. The van der Waals surface area contributed by atoms with Gasteiger partial charge in [-0.2, -0.15) is 0 Å². The highest BCUT2D eigenvalue weighted by atomic mass is 16.8.